The van der Waals surface area contributed by atoms with Gasteiger partial charge in [0.15, 0.2) is 6.54 Å². The number of halogens is 1. The molecule has 0 aliphatic carbocycles. The summed E-state index contributed by atoms with van der Waals surface area (Å²) >= 11 is 7.77. The lowest BCUT2D eigenvalue weighted by atomic mass is 10.1. The number of thioether (sulfide) groups is 1. The fourth-order valence-corrected chi connectivity index (χ4v) is 7.19. The predicted octanol–water partition coefficient (Wildman–Crippen LogP) is 5.94. The van der Waals surface area contributed by atoms with Crippen molar-refractivity contribution in [2.24, 2.45) is 0 Å². The first kappa shape index (κ1) is 29.6. The van der Waals surface area contributed by atoms with Gasteiger partial charge < -0.3 is 9.32 Å². The number of aromatic nitrogens is 1. The smallest absolute Gasteiger partial charge is 0.374 e. The Bertz CT molecular complexity index is 1920. The molecule has 0 spiro atoms. The molecule has 216 valence electrons. The second-order valence-electron chi connectivity index (χ2n) is 9.74. The Hall–Kier alpha value is -2.87. The molecule has 0 radical (unpaired) electrons. The van der Waals surface area contributed by atoms with Crippen LogP contribution >= 0.6 is 23.4 Å². The van der Waals surface area contributed by atoms with E-state index < -0.39 is 20.2 Å². The third-order valence-corrected chi connectivity index (χ3v) is 9.53. The fraction of sp³-hybridized carbons (Fsp3) is 0.250. The van der Waals surface area contributed by atoms with Gasteiger partial charge in [0.05, 0.1) is 33.7 Å². The SMILES string of the molecule is CC(/C=C1\Sc2ccc(Cl)cc2N1CCCS(=O)(=O)O)=C\c1oc2ccc3ccccc3c2[n+]1CCCS(=O)(=O)O. The van der Waals surface area contributed by atoms with E-state index in [2.05, 4.69) is 0 Å². The van der Waals surface area contributed by atoms with Crippen molar-refractivity contribution >= 4 is 77.2 Å². The molecular formula is C28H28ClN2O7S3+. The Balaban J connectivity index is 1.53. The number of nitrogens with zero attached hydrogens (tertiary/aromatic N) is 2. The van der Waals surface area contributed by atoms with E-state index in [9.17, 15) is 25.9 Å². The zero-order valence-corrected chi connectivity index (χ0v) is 25.2. The maximum Gasteiger partial charge on any atom is 0.374 e. The number of fused-ring (bicyclic) bond motifs is 4. The summed E-state index contributed by atoms with van der Waals surface area (Å²) < 4.78 is 72.1. The number of rotatable bonds is 10. The van der Waals surface area contributed by atoms with Gasteiger partial charge in [-0.25, -0.2) is 0 Å². The van der Waals surface area contributed by atoms with Gasteiger partial charge >= 0.3 is 5.89 Å². The Labute approximate surface area is 247 Å². The van der Waals surface area contributed by atoms with Crippen LogP contribution in [0.3, 0.4) is 0 Å². The van der Waals surface area contributed by atoms with Crippen LogP contribution in [0.1, 0.15) is 25.7 Å². The molecule has 1 aliphatic rings. The Morgan fingerprint density at radius 3 is 2.51 bits per heavy atom. The van der Waals surface area contributed by atoms with Crippen LogP contribution in [0.5, 0.6) is 0 Å². The van der Waals surface area contributed by atoms with Crippen molar-refractivity contribution < 1.29 is 34.9 Å². The van der Waals surface area contributed by atoms with Gasteiger partial charge in [0.25, 0.3) is 25.8 Å². The zero-order chi connectivity index (χ0) is 29.4. The van der Waals surface area contributed by atoms with Crippen molar-refractivity contribution in [1.29, 1.82) is 0 Å². The van der Waals surface area contributed by atoms with E-state index in [1.807, 2.05) is 77.1 Å². The molecule has 0 bridgehead atoms. The summed E-state index contributed by atoms with van der Waals surface area (Å²) in [4.78, 5) is 2.94. The summed E-state index contributed by atoms with van der Waals surface area (Å²) in [6, 6.07) is 17.2. The first-order chi connectivity index (χ1) is 19.4. The van der Waals surface area contributed by atoms with E-state index >= 15 is 0 Å². The highest BCUT2D eigenvalue weighted by Gasteiger charge is 2.27. The lowest BCUT2D eigenvalue weighted by molar-refractivity contribution is -0.677. The number of hydrogen-bond donors (Lipinski definition) is 2. The molecular weight excluding hydrogens is 608 g/mol. The van der Waals surface area contributed by atoms with Crippen LogP contribution in [-0.2, 0) is 26.8 Å². The Morgan fingerprint density at radius 1 is 1.02 bits per heavy atom. The van der Waals surface area contributed by atoms with Gasteiger partial charge in [0.1, 0.15) is 0 Å². The number of anilines is 1. The number of allylic oxidation sites excluding steroid dienone is 2. The quantitative estimate of drug-likeness (QED) is 0.161. The van der Waals surface area contributed by atoms with Crippen molar-refractivity contribution in [3.05, 3.63) is 82.2 Å². The average Bonchev–Trinajstić information content (AvgIpc) is 3.40. The van der Waals surface area contributed by atoms with Crippen LogP contribution in [0, 0.1) is 0 Å². The van der Waals surface area contributed by atoms with E-state index in [1.165, 1.54) is 11.8 Å². The van der Waals surface area contributed by atoms with Crippen molar-refractivity contribution in [1.82, 2.24) is 0 Å². The molecule has 1 aromatic heterocycles. The fourth-order valence-electron chi connectivity index (χ4n) is 4.86. The van der Waals surface area contributed by atoms with Gasteiger partial charge in [-0.1, -0.05) is 47.6 Å². The van der Waals surface area contributed by atoms with Gasteiger partial charge in [0, 0.05) is 22.9 Å². The maximum absolute atomic E-state index is 11.4. The number of aryl methyl sites for hydroxylation is 1. The summed E-state index contributed by atoms with van der Waals surface area (Å²) in [5.74, 6) is -0.218. The minimum absolute atomic E-state index is 0.190. The van der Waals surface area contributed by atoms with Gasteiger partial charge in [-0.15, -0.1) is 0 Å². The summed E-state index contributed by atoms with van der Waals surface area (Å²) in [7, 11) is -8.21. The zero-order valence-electron chi connectivity index (χ0n) is 22.0. The molecule has 9 nitrogen and oxygen atoms in total. The number of benzene rings is 3. The average molecular weight is 636 g/mol. The Kier molecular flexibility index (Phi) is 8.51. The van der Waals surface area contributed by atoms with Crippen LogP contribution in [-0.4, -0.2) is 44.0 Å². The first-order valence-electron chi connectivity index (χ1n) is 12.8. The first-order valence-corrected chi connectivity index (χ1v) is 17.2. The van der Waals surface area contributed by atoms with Crippen molar-refractivity contribution in [2.75, 3.05) is 23.0 Å². The van der Waals surface area contributed by atoms with Gasteiger partial charge in [-0.05, 0) is 60.7 Å². The van der Waals surface area contributed by atoms with E-state index in [0.717, 1.165) is 37.5 Å². The monoisotopic (exact) mass is 635 g/mol. The highest BCUT2D eigenvalue weighted by molar-refractivity contribution is 8.03. The predicted molar refractivity (Wildman–Crippen MR) is 162 cm³/mol. The topological polar surface area (TPSA) is 129 Å². The molecule has 2 N–H and O–H groups in total. The van der Waals surface area contributed by atoms with Crippen LogP contribution in [0.15, 0.2) is 80.6 Å². The van der Waals surface area contributed by atoms with Crippen molar-refractivity contribution in [3.8, 4) is 0 Å². The summed E-state index contributed by atoms with van der Waals surface area (Å²) in [5.41, 5.74) is 3.16. The molecule has 0 atom stereocenters. The lowest BCUT2D eigenvalue weighted by Crippen LogP contribution is -2.36. The highest BCUT2D eigenvalue weighted by atomic mass is 35.5. The second-order valence-corrected chi connectivity index (χ2v) is 14.4. The Morgan fingerprint density at radius 2 is 1.76 bits per heavy atom. The second kappa shape index (κ2) is 11.8. The van der Waals surface area contributed by atoms with Crippen LogP contribution in [0.2, 0.25) is 5.02 Å². The molecule has 1 aliphatic heterocycles. The van der Waals surface area contributed by atoms with E-state index in [0.29, 0.717) is 29.6 Å². The summed E-state index contributed by atoms with van der Waals surface area (Å²) in [6.07, 6.45) is 4.23. The molecule has 2 heterocycles. The van der Waals surface area contributed by atoms with E-state index in [1.54, 1.807) is 6.07 Å². The molecule has 4 aromatic rings. The van der Waals surface area contributed by atoms with Crippen molar-refractivity contribution in [2.45, 2.75) is 31.2 Å². The normalized spacial score (nSPS) is 15.4. The minimum Gasteiger partial charge on any atom is -0.398 e. The summed E-state index contributed by atoms with van der Waals surface area (Å²) in [6.45, 7) is 2.57. The molecule has 0 unspecified atom stereocenters. The molecule has 0 saturated carbocycles. The highest BCUT2D eigenvalue weighted by Crippen LogP contribution is 2.47. The van der Waals surface area contributed by atoms with Crippen LogP contribution in [0.25, 0.3) is 27.9 Å². The molecule has 5 rings (SSSR count). The van der Waals surface area contributed by atoms with Crippen LogP contribution in [0.4, 0.5) is 5.69 Å². The molecule has 3 aromatic carbocycles. The molecule has 0 amide bonds. The third kappa shape index (κ3) is 7.14. The van der Waals surface area contributed by atoms with E-state index in [-0.39, 0.29) is 24.3 Å². The maximum atomic E-state index is 11.4. The summed E-state index contributed by atoms with van der Waals surface area (Å²) in [5, 5.41) is 3.38. The van der Waals surface area contributed by atoms with Crippen LogP contribution < -0.4 is 9.47 Å². The molecule has 13 heteroatoms. The molecule has 0 saturated heterocycles. The molecule has 0 fully saturated rings. The lowest BCUT2D eigenvalue weighted by Gasteiger charge is -2.20. The van der Waals surface area contributed by atoms with Gasteiger partial charge in [-0.2, -0.15) is 21.4 Å². The standard InChI is InChI=1S/C28H27ClN2O7S3/c1-19(17-27-30(12-4-14-40(32,33)34)23-18-21(29)9-11-25(23)39-27)16-26-31(13-5-15-41(35,36)37)28-22-7-3-2-6-20(22)8-10-24(28)38-26/h2-3,6-11,16-18H,4-5,12-15H2,1H3,(H-,32,33,34,35,36,37)/p+1. The van der Waals surface area contributed by atoms with Gasteiger partial charge in [-0.3, -0.25) is 9.11 Å². The van der Waals surface area contributed by atoms with E-state index in [4.69, 9.17) is 16.0 Å². The van der Waals surface area contributed by atoms with Crippen molar-refractivity contribution in [3.63, 3.8) is 0 Å². The number of hydrogen-bond acceptors (Lipinski definition) is 7. The minimum atomic E-state index is -4.12. The largest absolute Gasteiger partial charge is 0.398 e. The molecule has 41 heavy (non-hydrogen) atoms. The third-order valence-electron chi connectivity index (χ3n) is 6.58. The van der Waals surface area contributed by atoms with Gasteiger partial charge in [0.2, 0.25) is 5.58 Å². The number of oxazole rings is 1.